The molecule has 8 nitrogen and oxygen atoms in total. The molecule has 0 atom stereocenters. The molecular formula is C62H48N4O4. The lowest BCUT2D eigenvalue weighted by Gasteiger charge is -2.36. The van der Waals surface area contributed by atoms with Crippen molar-refractivity contribution in [2.75, 3.05) is 10.2 Å². The van der Waals surface area contributed by atoms with E-state index in [1.54, 1.807) is 54.6 Å². The van der Waals surface area contributed by atoms with Crippen molar-refractivity contribution < 1.29 is 19.5 Å². The predicted molar refractivity (Wildman–Crippen MR) is 280 cm³/mol. The lowest BCUT2D eigenvalue weighted by molar-refractivity contribution is -0.297. The quantitative estimate of drug-likeness (QED) is 0.105. The fraction of sp³-hybridized carbons (Fsp3) is 0.0645. The van der Waals surface area contributed by atoms with Gasteiger partial charge >= 0.3 is 0 Å². The molecule has 70 heavy (non-hydrogen) atoms. The lowest BCUT2D eigenvalue weighted by atomic mass is 9.75. The molecule has 8 aromatic carbocycles. The number of aryl methyl sites for hydroxylation is 4. The zero-order chi connectivity index (χ0) is 48.5. The molecule has 0 saturated heterocycles. The monoisotopic (exact) mass is 912 g/mol. The van der Waals surface area contributed by atoms with E-state index >= 15 is 9.90 Å². The number of nitrogens with one attached hydrogen (secondary N) is 2. The van der Waals surface area contributed by atoms with E-state index in [9.17, 15) is 9.59 Å². The molecular weight excluding hydrogens is 865 g/mol. The zero-order valence-corrected chi connectivity index (χ0v) is 39.2. The smallest absolute Gasteiger partial charge is 0.255 e. The molecule has 0 spiro atoms. The van der Waals surface area contributed by atoms with Gasteiger partial charge in [0.2, 0.25) is 17.1 Å². The van der Waals surface area contributed by atoms with E-state index < -0.39 is 23.4 Å². The second-order valence-corrected chi connectivity index (χ2v) is 17.7. The van der Waals surface area contributed by atoms with E-state index in [0.29, 0.717) is 33.6 Å². The first kappa shape index (κ1) is 44.7. The number of Topliss-reactive ketones (excluding diaryl/α,β-unsaturated/α-hetero) is 1. The van der Waals surface area contributed by atoms with Crippen molar-refractivity contribution in [3.8, 4) is 0 Å². The van der Waals surface area contributed by atoms with Crippen molar-refractivity contribution in [3.05, 3.63) is 273 Å². The Kier molecular flexibility index (Phi) is 12.0. The Hall–Kier alpha value is -9.14. The SMILES string of the molecule is Cc1ccc(N(c2ccc(C)cc2)c2ccc(C3=C([O-])/C(=C4\C(NC(=O)c5ccccc5)=CC(=[N+](c5ccc(C)cc5)c5ccc(C)cc5)c5ccccc54)C3=O)c(NC(=O)c3ccccc3)c2)cc1. The van der Waals surface area contributed by atoms with Gasteiger partial charge in [-0.15, -0.1) is 0 Å². The number of nitrogens with zero attached hydrogens (tertiary/aromatic N) is 2. The Labute approximate surface area is 407 Å². The maximum atomic E-state index is 15.1. The highest BCUT2D eigenvalue weighted by Crippen LogP contribution is 2.47. The van der Waals surface area contributed by atoms with Crippen LogP contribution in [0.25, 0.3) is 11.1 Å². The van der Waals surface area contributed by atoms with Gasteiger partial charge in [0, 0.05) is 80.8 Å². The Morgan fingerprint density at radius 3 is 1.40 bits per heavy atom. The summed E-state index contributed by atoms with van der Waals surface area (Å²) in [6.45, 7) is 8.14. The molecule has 0 bridgehead atoms. The summed E-state index contributed by atoms with van der Waals surface area (Å²) in [5, 5.41) is 21.3. The van der Waals surface area contributed by atoms with Crippen LogP contribution in [0.5, 0.6) is 0 Å². The molecule has 0 fully saturated rings. The van der Waals surface area contributed by atoms with Crippen LogP contribution in [0.1, 0.15) is 59.7 Å². The van der Waals surface area contributed by atoms with Gasteiger partial charge in [0.15, 0.2) is 5.78 Å². The third-order valence-corrected chi connectivity index (χ3v) is 12.7. The van der Waals surface area contributed by atoms with Gasteiger partial charge in [-0.1, -0.05) is 137 Å². The average Bonchev–Trinajstić information content (AvgIpc) is 3.38. The van der Waals surface area contributed by atoms with Crippen LogP contribution >= 0.6 is 0 Å². The van der Waals surface area contributed by atoms with Crippen LogP contribution in [0.2, 0.25) is 0 Å². The standard InChI is InChI=1S/C62H48N4O4/c1-39-19-27-45(28-20-39)65(46-29-21-40(2)22-30-46)49-35-36-52(53(37-49)63-61(69)43-13-7-5-8-14-43)57-59(67)58(60(57)68)56-51-18-12-11-17-50(51)55(38-54(56)64-62(70)44-15-9-6-10-16-44)66(47-31-23-41(3)24-32-47)48-33-25-42(4)26-34-48/h5-38H,1-4H3,(H2,63,64,67,68,69,70). The number of hydrogen-bond donors (Lipinski definition) is 2. The maximum Gasteiger partial charge on any atom is 0.255 e. The van der Waals surface area contributed by atoms with E-state index in [4.69, 9.17) is 0 Å². The van der Waals surface area contributed by atoms with Crippen LogP contribution < -0.4 is 25.2 Å². The number of amides is 2. The van der Waals surface area contributed by atoms with Gasteiger partial charge < -0.3 is 20.6 Å². The van der Waals surface area contributed by atoms with Gasteiger partial charge in [-0.05, 0) is 100.0 Å². The Balaban J connectivity index is 1.18. The molecule has 10 rings (SSSR count). The number of hydrogen-bond acceptors (Lipinski definition) is 5. The first-order valence-corrected chi connectivity index (χ1v) is 23.2. The minimum absolute atomic E-state index is 0.0660. The number of carbonyl (C=O) groups excluding carboxylic acids is 3. The van der Waals surface area contributed by atoms with E-state index in [1.165, 1.54) is 0 Å². The zero-order valence-electron chi connectivity index (χ0n) is 39.2. The number of benzene rings is 8. The molecule has 2 N–H and O–H groups in total. The molecule has 2 aliphatic carbocycles. The minimum Gasteiger partial charge on any atom is -0.871 e. The number of allylic oxidation sites excluding steroid dienone is 4. The normalized spacial score (nSPS) is 14.0. The van der Waals surface area contributed by atoms with E-state index in [0.717, 1.165) is 56.3 Å². The van der Waals surface area contributed by atoms with Gasteiger partial charge in [-0.25, -0.2) is 0 Å². The third kappa shape index (κ3) is 8.66. The summed E-state index contributed by atoms with van der Waals surface area (Å²) in [6, 6.07) is 63.4. The number of anilines is 4. The van der Waals surface area contributed by atoms with Crippen molar-refractivity contribution >= 4 is 68.6 Å². The highest BCUT2D eigenvalue weighted by molar-refractivity contribution is 6.43. The summed E-state index contributed by atoms with van der Waals surface area (Å²) in [4.78, 5) is 45.4. The number of fused-ring (bicyclic) bond motifs is 1. The van der Waals surface area contributed by atoms with Crippen molar-refractivity contribution in [1.29, 1.82) is 0 Å². The van der Waals surface area contributed by atoms with Gasteiger partial charge in [0.05, 0.1) is 16.9 Å². The molecule has 8 heteroatoms. The van der Waals surface area contributed by atoms with Gasteiger partial charge in [0.1, 0.15) is 0 Å². The van der Waals surface area contributed by atoms with Crippen LogP contribution in [0, 0.1) is 27.7 Å². The van der Waals surface area contributed by atoms with Crippen LogP contribution in [0.15, 0.2) is 223 Å². The second kappa shape index (κ2) is 18.9. The van der Waals surface area contributed by atoms with E-state index in [-0.39, 0.29) is 22.4 Å². The summed E-state index contributed by atoms with van der Waals surface area (Å²) in [7, 11) is 0. The maximum absolute atomic E-state index is 15.1. The average molecular weight is 913 g/mol. The molecule has 0 saturated carbocycles. The largest absolute Gasteiger partial charge is 0.871 e. The molecule has 2 aliphatic rings. The van der Waals surface area contributed by atoms with Crippen molar-refractivity contribution in [2.24, 2.45) is 0 Å². The van der Waals surface area contributed by atoms with Gasteiger partial charge in [0.25, 0.3) is 11.8 Å². The molecule has 8 aromatic rings. The van der Waals surface area contributed by atoms with Crippen molar-refractivity contribution in [1.82, 2.24) is 9.89 Å². The third-order valence-electron chi connectivity index (χ3n) is 12.7. The minimum atomic E-state index is -0.510. The van der Waals surface area contributed by atoms with E-state index in [2.05, 4.69) is 68.6 Å². The first-order valence-electron chi connectivity index (χ1n) is 23.2. The number of rotatable bonds is 10. The Bertz CT molecular complexity index is 3390. The second-order valence-electron chi connectivity index (χ2n) is 17.7. The highest BCUT2D eigenvalue weighted by Gasteiger charge is 2.39. The van der Waals surface area contributed by atoms with Crippen LogP contribution in [0.3, 0.4) is 0 Å². The fourth-order valence-electron chi connectivity index (χ4n) is 8.99. The van der Waals surface area contributed by atoms with Crippen LogP contribution in [-0.2, 0) is 4.79 Å². The molecule has 2 amide bonds. The Morgan fingerprint density at radius 1 is 0.457 bits per heavy atom. The van der Waals surface area contributed by atoms with Gasteiger partial charge in [-0.2, -0.15) is 4.58 Å². The fourth-order valence-corrected chi connectivity index (χ4v) is 8.99. The van der Waals surface area contributed by atoms with Crippen LogP contribution in [-0.4, -0.2) is 23.3 Å². The van der Waals surface area contributed by atoms with Crippen molar-refractivity contribution in [3.63, 3.8) is 0 Å². The highest BCUT2D eigenvalue weighted by atomic mass is 16.3. The molecule has 0 heterocycles. The number of carbonyl (C=O) groups is 3. The predicted octanol–water partition coefficient (Wildman–Crippen LogP) is 12.4. The van der Waals surface area contributed by atoms with Crippen LogP contribution in [0.4, 0.5) is 34.1 Å². The summed E-state index contributed by atoms with van der Waals surface area (Å²) in [6.07, 6.45) is 1.86. The topological polar surface area (TPSA) is 105 Å². The Morgan fingerprint density at radius 2 is 0.900 bits per heavy atom. The molecule has 0 aliphatic heterocycles. The van der Waals surface area contributed by atoms with Gasteiger partial charge in [-0.3, -0.25) is 14.4 Å². The lowest BCUT2D eigenvalue weighted by Crippen LogP contribution is -2.35. The summed E-state index contributed by atoms with van der Waals surface area (Å²) < 4.78 is 2.12. The molecule has 0 unspecified atom stereocenters. The number of ketones is 1. The molecule has 0 radical (unpaired) electrons. The van der Waals surface area contributed by atoms with E-state index in [1.807, 2.05) is 131 Å². The summed E-state index contributed by atoms with van der Waals surface area (Å²) in [5.41, 5.74) is 12.5. The van der Waals surface area contributed by atoms with Crippen molar-refractivity contribution in [2.45, 2.75) is 27.7 Å². The summed E-state index contributed by atoms with van der Waals surface area (Å²) in [5.74, 6) is -1.83. The molecule has 340 valence electrons. The molecule has 0 aromatic heterocycles. The first-order chi connectivity index (χ1) is 34.0. The summed E-state index contributed by atoms with van der Waals surface area (Å²) >= 11 is 0.